The molecule has 5 rings (SSSR count). The fourth-order valence-corrected chi connectivity index (χ4v) is 6.87. The molecule has 0 amide bonds. The number of piperidine rings is 1. The quantitative estimate of drug-likeness (QED) is 0.317. The molecule has 2 heterocycles. The van der Waals surface area contributed by atoms with Crippen molar-refractivity contribution in [3.63, 3.8) is 0 Å². The Labute approximate surface area is 219 Å². The summed E-state index contributed by atoms with van der Waals surface area (Å²) in [7, 11) is 0. The molecule has 3 nitrogen and oxygen atoms in total. The minimum atomic E-state index is -0.0468. The summed E-state index contributed by atoms with van der Waals surface area (Å²) < 4.78 is 6.06. The van der Waals surface area contributed by atoms with Crippen molar-refractivity contribution in [2.75, 3.05) is 13.1 Å². The number of rotatable bonds is 8. The third kappa shape index (κ3) is 5.59. The second-order valence-electron chi connectivity index (χ2n) is 10.3. The van der Waals surface area contributed by atoms with Crippen LogP contribution in [-0.2, 0) is 29.8 Å². The summed E-state index contributed by atoms with van der Waals surface area (Å²) in [5.41, 5.74) is 4.69. The van der Waals surface area contributed by atoms with Gasteiger partial charge in [-0.25, -0.2) is 0 Å². The van der Waals surface area contributed by atoms with Gasteiger partial charge in [0.2, 0.25) is 0 Å². The van der Waals surface area contributed by atoms with Crippen LogP contribution in [-0.4, -0.2) is 23.8 Å². The van der Waals surface area contributed by atoms with Gasteiger partial charge in [0.15, 0.2) is 0 Å². The number of thiophene rings is 1. The first-order valence-electron chi connectivity index (χ1n) is 13.1. The van der Waals surface area contributed by atoms with Gasteiger partial charge < -0.3 is 4.74 Å². The van der Waals surface area contributed by atoms with E-state index in [1.165, 1.54) is 48.5 Å². The van der Waals surface area contributed by atoms with Gasteiger partial charge in [-0.15, -0.1) is 17.3 Å². The average Bonchev–Trinajstić information content (AvgIpc) is 3.49. The Kier molecular flexibility index (Phi) is 7.60. The SMILES string of the molecule is CC#C[C@@H](CC(C)=O)c1ccc(OCc2ccc(CN3CCC4(CCc5ccccc54)CC3)s2)cc1. The van der Waals surface area contributed by atoms with E-state index in [4.69, 9.17) is 4.74 Å². The van der Waals surface area contributed by atoms with Crippen LogP contribution >= 0.6 is 11.3 Å². The molecule has 4 heteroatoms. The number of hydrogen-bond donors (Lipinski definition) is 0. The van der Waals surface area contributed by atoms with Crippen LogP contribution in [0.4, 0.5) is 0 Å². The lowest BCUT2D eigenvalue weighted by molar-refractivity contribution is -0.117. The second kappa shape index (κ2) is 11.0. The van der Waals surface area contributed by atoms with Gasteiger partial charge in [-0.2, -0.15) is 0 Å². The van der Waals surface area contributed by atoms with E-state index >= 15 is 0 Å². The van der Waals surface area contributed by atoms with Gasteiger partial charge in [-0.3, -0.25) is 9.69 Å². The van der Waals surface area contributed by atoms with Crippen LogP contribution in [0.15, 0.2) is 60.7 Å². The number of fused-ring (bicyclic) bond motifs is 2. The van der Waals surface area contributed by atoms with Crippen LogP contribution in [0.2, 0.25) is 0 Å². The number of carbonyl (C=O) groups excluding carboxylic acids is 1. The van der Waals surface area contributed by atoms with E-state index in [9.17, 15) is 4.79 Å². The largest absolute Gasteiger partial charge is 0.488 e. The lowest BCUT2D eigenvalue weighted by Crippen LogP contribution is -2.41. The summed E-state index contributed by atoms with van der Waals surface area (Å²) in [6.07, 6.45) is 5.57. The molecule has 36 heavy (non-hydrogen) atoms. The highest BCUT2D eigenvalue weighted by Crippen LogP contribution is 2.46. The Bertz CT molecular complexity index is 1260. The number of carbonyl (C=O) groups is 1. The van der Waals surface area contributed by atoms with Crippen molar-refractivity contribution in [1.82, 2.24) is 4.90 Å². The zero-order chi connectivity index (χ0) is 25.0. The van der Waals surface area contributed by atoms with Crippen LogP contribution < -0.4 is 4.74 Å². The molecule has 1 spiro atoms. The van der Waals surface area contributed by atoms with Crippen LogP contribution in [0.5, 0.6) is 5.75 Å². The highest BCUT2D eigenvalue weighted by molar-refractivity contribution is 7.11. The minimum absolute atomic E-state index is 0.0468. The number of nitrogens with zero attached hydrogens (tertiary/aromatic N) is 1. The molecule has 3 aromatic rings. The highest BCUT2D eigenvalue weighted by atomic mass is 32.1. The average molecular weight is 498 g/mol. The van der Waals surface area contributed by atoms with E-state index in [1.54, 1.807) is 18.1 Å². The third-order valence-electron chi connectivity index (χ3n) is 7.85. The molecule has 0 saturated carbocycles. The molecule has 186 valence electrons. The van der Waals surface area contributed by atoms with E-state index in [0.29, 0.717) is 18.4 Å². The summed E-state index contributed by atoms with van der Waals surface area (Å²) in [5.74, 6) is 7.05. The third-order valence-corrected chi connectivity index (χ3v) is 8.89. The number of ether oxygens (including phenoxy) is 1. The van der Waals surface area contributed by atoms with Crippen molar-refractivity contribution in [1.29, 1.82) is 0 Å². The first kappa shape index (κ1) is 24.8. The first-order valence-corrected chi connectivity index (χ1v) is 13.9. The molecule has 0 bridgehead atoms. The molecule has 2 aromatic carbocycles. The van der Waals surface area contributed by atoms with E-state index < -0.39 is 0 Å². The maximum atomic E-state index is 11.6. The predicted molar refractivity (Wildman–Crippen MR) is 148 cm³/mol. The Balaban J connectivity index is 1.12. The smallest absolute Gasteiger partial charge is 0.131 e. The van der Waals surface area contributed by atoms with Crippen LogP contribution in [0.3, 0.4) is 0 Å². The molecule has 0 unspecified atom stereocenters. The summed E-state index contributed by atoms with van der Waals surface area (Å²) in [5, 5.41) is 0. The molecule has 1 aliphatic carbocycles. The lowest BCUT2D eigenvalue weighted by atomic mass is 9.74. The van der Waals surface area contributed by atoms with Crippen molar-refractivity contribution in [2.24, 2.45) is 0 Å². The molecule has 0 radical (unpaired) electrons. The summed E-state index contributed by atoms with van der Waals surface area (Å²) in [6.45, 7) is 7.40. The fourth-order valence-electron chi connectivity index (χ4n) is 5.89. The number of Topliss-reactive ketones (excluding diaryl/α,β-unsaturated/α-hetero) is 1. The molecule has 1 aromatic heterocycles. The van der Waals surface area contributed by atoms with E-state index in [-0.39, 0.29) is 11.7 Å². The maximum absolute atomic E-state index is 11.6. The normalized spacial score (nSPS) is 17.3. The zero-order valence-corrected chi connectivity index (χ0v) is 22.2. The van der Waals surface area contributed by atoms with Gasteiger partial charge in [-0.1, -0.05) is 42.3 Å². The van der Waals surface area contributed by atoms with Gasteiger partial charge in [0.1, 0.15) is 18.1 Å². The summed E-state index contributed by atoms with van der Waals surface area (Å²) >= 11 is 1.86. The number of benzene rings is 2. The number of ketones is 1. The molecule has 1 aliphatic heterocycles. The van der Waals surface area contributed by atoms with Crippen LogP contribution in [0, 0.1) is 11.8 Å². The molecule has 1 fully saturated rings. The van der Waals surface area contributed by atoms with E-state index in [1.807, 2.05) is 42.5 Å². The minimum Gasteiger partial charge on any atom is -0.488 e. The first-order chi connectivity index (χ1) is 17.5. The molecular weight excluding hydrogens is 462 g/mol. The Morgan fingerprint density at radius 1 is 1.03 bits per heavy atom. The van der Waals surface area contributed by atoms with Crippen molar-refractivity contribution in [3.8, 4) is 17.6 Å². The molecule has 1 saturated heterocycles. The predicted octanol–water partition coefficient (Wildman–Crippen LogP) is 6.89. The topological polar surface area (TPSA) is 29.5 Å². The van der Waals surface area contributed by atoms with Crippen molar-refractivity contribution < 1.29 is 9.53 Å². The second-order valence-corrected chi connectivity index (χ2v) is 11.5. The summed E-state index contributed by atoms with van der Waals surface area (Å²) in [4.78, 5) is 16.9. The summed E-state index contributed by atoms with van der Waals surface area (Å²) in [6, 6.07) is 21.6. The Morgan fingerprint density at radius 2 is 1.78 bits per heavy atom. The van der Waals surface area contributed by atoms with Crippen molar-refractivity contribution in [3.05, 3.63) is 87.1 Å². The monoisotopic (exact) mass is 497 g/mol. The molecule has 0 N–H and O–H groups in total. The van der Waals surface area contributed by atoms with Gasteiger partial charge in [-0.05, 0) is 99.0 Å². The lowest BCUT2D eigenvalue weighted by Gasteiger charge is -2.40. The van der Waals surface area contributed by atoms with E-state index in [2.05, 4.69) is 53.1 Å². The number of likely N-dealkylation sites (tertiary alicyclic amines) is 1. The maximum Gasteiger partial charge on any atom is 0.131 e. The van der Waals surface area contributed by atoms with Gasteiger partial charge >= 0.3 is 0 Å². The van der Waals surface area contributed by atoms with Crippen molar-refractivity contribution >= 4 is 17.1 Å². The van der Waals surface area contributed by atoms with Gasteiger partial charge in [0.05, 0.1) is 5.92 Å². The Morgan fingerprint density at radius 3 is 2.53 bits per heavy atom. The van der Waals surface area contributed by atoms with E-state index in [0.717, 1.165) is 17.9 Å². The fraction of sp³-hybridized carbons (Fsp3) is 0.406. The van der Waals surface area contributed by atoms with Gasteiger partial charge in [0.25, 0.3) is 0 Å². The van der Waals surface area contributed by atoms with Gasteiger partial charge in [0, 0.05) is 22.7 Å². The molecular formula is C32H35NO2S. The van der Waals surface area contributed by atoms with Crippen molar-refractivity contribution in [2.45, 2.75) is 70.4 Å². The molecule has 2 aliphatic rings. The standard InChI is InChI=1S/C32H35NO2S/c1-3-6-27(21-24(2)34)25-9-11-28(12-10-25)35-23-30-14-13-29(36-30)22-33-19-17-32(18-20-33)16-15-26-7-4-5-8-31(26)32/h4-5,7-14,27H,15-23H2,1-2H3/t27-/m0/s1. The zero-order valence-electron chi connectivity index (χ0n) is 21.4. The van der Waals surface area contributed by atoms with Crippen LogP contribution in [0.25, 0.3) is 0 Å². The molecule has 1 atom stereocenters. The Hall–Kier alpha value is -2.87. The number of hydrogen-bond acceptors (Lipinski definition) is 4. The van der Waals surface area contributed by atoms with Crippen LogP contribution in [0.1, 0.15) is 71.9 Å². The number of aryl methyl sites for hydroxylation is 1. The highest BCUT2D eigenvalue weighted by Gasteiger charge is 2.40.